The second-order valence-electron chi connectivity index (χ2n) is 4.98. The number of carbonyl (C=O) groups excluding carboxylic acids is 1. The fourth-order valence-corrected chi connectivity index (χ4v) is 2.45. The first-order valence-corrected chi connectivity index (χ1v) is 7.64. The molecule has 0 heterocycles. The second-order valence-corrected chi connectivity index (χ2v) is 5.84. The van der Waals surface area contributed by atoms with Crippen LogP contribution in [0.5, 0.6) is 5.75 Å². The van der Waals surface area contributed by atoms with Crippen LogP contribution in [0.4, 0.5) is 11.4 Å². The quantitative estimate of drug-likeness (QED) is 0.627. The van der Waals surface area contributed by atoms with Gasteiger partial charge in [0, 0.05) is 16.6 Å². The summed E-state index contributed by atoms with van der Waals surface area (Å²) in [7, 11) is 0. The van der Waals surface area contributed by atoms with Gasteiger partial charge >= 0.3 is 0 Å². The Hall–Kier alpha value is -2.41. The molecule has 2 aromatic rings. The van der Waals surface area contributed by atoms with Crippen LogP contribution in [0.15, 0.2) is 46.9 Å². The van der Waals surface area contributed by atoms with Crippen molar-refractivity contribution in [1.82, 2.24) is 0 Å². The van der Waals surface area contributed by atoms with Gasteiger partial charge in [0.25, 0.3) is 11.6 Å². The number of aryl methyl sites for hydroxylation is 1. The Bertz CT molecular complexity index is 731. The van der Waals surface area contributed by atoms with Crippen LogP contribution in [0.1, 0.15) is 12.5 Å². The summed E-state index contributed by atoms with van der Waals surface area (Å²) in [6, 6.07) is 11.2. The molecular formula is C16H15BrN2O4. The van der Waals surface area contributed by atoms with Crippen molar-refractivity contribution in [2.75, 3.05) is 5.32 Å². The number of halogens is 1. The van der Waals surface area contributed by atoms with Gasteiger partial charge in [-0.2, -0.15) is 0 Å². The van der Waals surface area contributed by atoms with Crippen LogP contribution in [0.2, 0.25) is 0 Å². The highest BCUT2D eigenvalue weighted by atomic mass is 79.9. The molecule has 1 amide bonds. The van der Waals surface area contributed by atoms with Gasteiger partial charge in [-0.25, -0.2) is 0 Å². The van der Waals surface area contributed by atoms with Crippen LogP contribution in [0, 0.1) is 17.0 Å². The van der Waals surface area contributed by atoms with Crippen molar-refractivity contribution in [2.45, 2.75) is 20.0 Å². The topological polar surface area (TPSA) is 81.5 Å². The van der Waals surface area contributed by atoms with E-state index in [9.17, 15) is 14.9 Å². The summed E-state index contributed by atoms with van der Waals surface area (Å²) in [6.07, 6.45) is -0.746. The molecule has 23 heavy (non-hydrogen) atoms. The molecule has 0 aromatic heterocycles. The number of ether oxygens (including phenoxy) is 1. The zero-order valence-electron chi connectivity index (χ0n) is 12.6. The molecule has 0 saturated carbocycles. The first-order chi connectivity index (χ1) is 10.9. The number of nitro groups is 1. The van der Waals surface area contributed by atoms with Gasteiger partial charge in [0.05, 0.1) is 10.6 Å². The van der Waals surface area contributed by atoms with E-state index in [2.05, 4.69) is 21.2 Å². The molecule has 0 bridgehead atoms. The number of anilines is 1. The number of nitrogens with one attached hydrogen (secondary N) is 1. The van der Waals surface area contributed by atoms with E-state index in [4.69, 9.17) is 4.74 Å². The molecule has 1 N–H and O–H groups in total. The van der Waals surface area contributed by atoms with E-state index in [0.717, 1.165) is 10.0 Å². The molecule has 0 spiro atoms. The van der Waals surface area contributed by atoms with Crippen molar-refractivity contribution >= 4 is 33.2 Å². The summed E-state index contributed by atoms with van der Waals surface area (Å²) in [5, 5.41) is 13.4. The fraction of sp³-hybridized carbons (Fsp3) is 0.188. The van der Waals surface area contributed by atoms with Gasteiger partial charge in [-0.05, 0) is 59.6 Å². The predicted molar refractivity (Wildman–Crippen MR) is 90.7 cm³/mol. The van der Waals surface area contributed by atoms with Crippen LogP contribution in [-0.4, -0.2) is 16.9 Å². The maximum atomic E-state index is 12.2. The summed E-state index contributed by atoms with van der Waals surface area (Å²) < 4.78 is 6.28. The second kappa shape index (κ2) is 7.23. The molecule has 0 aliphatic heterocycles. The first kappa shape index (κ1) is 17.0. The standard InChI is InChI=1S/C16H15BrN2O4/c1-10-3-8-15(14(17)9-10)18-16(20)11(2)23-13-6-4-12(5-7-13)19(21)22/h3-9,11H,1-2H3,(H,18,20). The van der Waals surface area contributed by atoms with E-state index in [1.165, 1.54) is 24.3 Å². The van der Waals surface area contributed by atoms with Gasteiger partial charge in [-0.1, -0.05) is 6.07 Å². The average Bonchev–Trinajstić information content (AvgIpc) is 2.50. The lowest BCUT2D eigenvalue weighted by molar-refractivity contribution is -0.384. The summed E-state index contributed by atoms with van der Waals surface area (Å²) in [4.78, 5) is 22.3. The molecule has 2 rings (SSSR count). The van der Waals surface area contributed by atoms with Crippen LogP contribution in [0.3, 0.4) is 0 Å². The SMILES string of the molecule is Cc1ccc(NC(=O)C(C)Oc2ccc([N+](=O)[O-])cc2)c(Br)c1. The lowest BCUT2D eigenvalue weighted by Crippen LogP contribution is -2.30. The minimum Gasteiger partial charge on any atom is -0.481 e. The summed E-state index contributed by atoms with van der Waals surface area (Å²) in [6.45, 7) is 3.57. The van der Waals surface area contributed by atoms with Crippen LogP contribution >= 0.6 is 15.9 Å². The molecule has 0 aliphatic carbocycles. The van der Waals surface area contributed by atoms with Crippen molar-refractivity contribution in [3.05, 3.63) is 62.6 Å². The van der Waals surface area contributed by atoms with Gasteiger partial charge in [0.15, 0.2) is 6.10 Å². The van der Waals surface area contributed by atoms with Gasteiger partial charge in [-0.15, -0.1) is 0 Å². The molecule has 0 fully saturated rings. The number of nitro benzene ring substituents is 1. The third kappa shape index (κ3) is 4.53. The molecule has 6 nitrogen and oxygen atoms in total. The van der Waals surface area contributed by atoms with Crippen LogP contribution < -0.4 is 10.1 Å². The molecule has 1 unspecified atom stereocenters. The third-order valence-corrected chi connectivity index (χ3v) is 3.77. The number of hydrogen-bond donors (Lipinski definition) is 1. The fourth-order valence-electron chi connectivity index (χ4n) is 1.86. The Morgan fingerprint density at radius 2 is 1.91 bits per heavy atom. The average molecular weight is 379 g/mol. The molecular weight excluding hydrogens is 364 g/mol. The largest absolute Gasteiger partial charge is 0.481 e. The molecule has 2 aromatic carbocycles. The van der Waals surface area contributed by atoms with Gasteiger partial charge in [0.1, 0.15) is 5.75 Å². The van der Waals surface area contributed by atoms with Crippen LogP contribution in [0.25, 0.3) is 0 Å². The molecule has 7 heteroatoms. The number of amides is 1. The predicted octanol–water partition coefficient (Wildman–Crippen LogP) is 4.07. The Morgan fingerprint density at radius 1 is 1.26 bits per heavy atom. The zero-order chi connectivity index (χ0) is 17.0. The van der Waals surface area contributed by atoms with E-state index in [0.29, 0.717) is 11.4 Å². The molecule has 0 saturated heterocycles. The van der Waals surface area contributed by atoms with Gasteiger partial charge in [0.2, 0.25) is 0 Å². The highest BCUT2D eigenvalue weighted by molar-refractivity contribution is 9.10. The molecule has 120 valence electrons. The summed E-state index contributed by atoms with van der Waals surface area (Å²) in [5.74, 6) is 0.0779. The molecule has 0 radical (unpaired) electrons. The van der Waals surface area contributed by atoms with Gasteiger partial charge in [-0.3, -0.25) is 14.9 Å². The Balaban J connectivity index is 2.00. The zero-order valence-corrected chi connectivity index (χ0v) is 14.2. The molecule has 0 aliphatic rings. The van der Waals surface area contributed by atoms with E-state index in [-0.39, 0.29) is 11.6 Å². The number of nitrogens with zero attached hydrogens (tertiary/aromatic N) is 1. The summed E-state index contributed by atoms with van der Waals surface area (Å²) >= 11 is 3.39. The van der Waals surface area contributed by atoms with Crippen molar-refractivity contribution in [1.29, 1.82) is 0 Å². The van der Waals surface area contributed by atoms with Crippen molar-refractivity contribution in [2.24, 2.45) is 0 Å². The maximum absolute atomic E-state index is 12.2. The third-order valence-electron chi connectivity index (χ3n) is 3.11. The number of benzene rings is 2. The molecule has 1 atom stereocenters. The van der Waals surface area contributed by atoms with E-state index in [1.54, 1.807) is 13.0 Å². The van der Waals surface area contributed by atoms with E-state index < -0.39 is 11.0 Å². The number of non-ortho nitro benzene ring substituents is 1. The minimum atomic E-state index is -0.746. The monoisotopic (exact) mass is 378 g/mol. The van der Waals surface area contributed by atoms with E-state index >= 15 is 0 Å². The number of rotatable bonds is 5. The summed E-state index contributed by atoms with van der Waals surface area (Å²) in [5.41, 5.74) is 1.70. The Kier molecular flexibility index (Phi) is 5.33. The number of carbonyl (C=O) groups is 1. The maximum Gasteiger partial charge on any atom is 0.269 e. The van der Waals surface area contributed by atoms with Crippen LogP contribution in [-0.2, 0) is 4.79 Å². The Morgan fingerprint density at radius 3 is 2.48 bits per heavy atom. The smallest absolute Gasteiger partial charge is 0.269 e. The van der Waals surface area contributed by atoms with Crippen molar-refractivity contribution in [3.63, 3.8) is 0 Å². The Labute approximate surface area is 141 Å². The highest BCUT2D eigenvalue weighted by Gasteiger charge is 2.16. The normalized spacial score (nSPS) is 11.6. The lowest BCUT2D eigenvalue weighted by Gasteiger charge is -2.15. The first-order valence-electron chi connectivity index (χ1n) is 6.85. The number of hydrogen-bond acceptors (Lipinski definition) is 4. The van der Waals surface area contributed by atoms with Crippen molar-refractivity contribution < 1.29 is 14.5 Å². The lowest BCUT2D eigenvalue weighted by atomic mass is 10.2. The van der Waals surface area contributed by atoms with Gasteiger partial charge < -0.3 is 10.1 Å². The highest BCUT2D eigenvalue weighted by Crippen LogP contribution is 2.24. The van der Waals surface area contributed by atoms with Crippen molar-refractivity contribution in [3.8, 4) is 5.75 Å². The van der Waals surface area contributed by atoms with E-state index in [1.807, 2.05) is 19.1 Å². The minimum absolute atomic E-state index is 0.0296.